The molecule has 0 aliphatic heterocycles. The Bertz CT molecular complexity index is 535. The summed E-state index contributed by atoms with van der Waals surface area (Å²) in [5.41, 5.74) is 0.479. The summed E-state index contributed by atoms with van der Waals surface area (Å²) in [6.45, 7) is 0. The lowest BCUT2D eigenvalue weighted by Gasteiger charge is -2.04. The van der Waals surface area contributed by atoms with Crippen molar-refractivity contribution in [2.45, 2.75) is 6.10 Å². The van der Waals surface area contributed by atoms with Crippen molar-refractivity contribution in [2.24, 2.45) is 0 Å². The summed E-state index contributed by atoms with van der Waals surface area (Å²) >= 11 is 0. The van der Waals surface area contributed by atoms with E-state index in [2.05, 4.69) is 9.72 Å². The van der Waals surface area contributed by atoms with Gasteiger partial charge in [-0.1, -0.05) is 12.1 Å². The Morgan fingerprint density at radius 1 is 1.56 bits per heavy atom. The van der Waals surface area contributed by atoms with Crippen molar-refractivity contribution < 1.29 is 19.0 Å². The number of benzene rings is 1. The second-order valence-corrected chi connectivity index (χ2v) is 3.35. The van der Waals surface area contributed by atoms with E-state index in [1.807, 2.05) is 0 Å². The predicted molar refractivity (Wildman–Crippen MR) is 55.2 cm³/mol. The Labute approximate surface area is 90.7 Å². The number of fused-ring (bicyclic) bond motifs is 1. The molecule has 84 valence electrons. The number of carbonyl (C=O) groups is 1. The Morgan fingerprint density at radius 3 is 2.94 bits per heavy atom. The first-order valence-electron chi connectivity index (χ1n) is 4.66. The molecule has 1 unspecified atom stereocenters. The van der Waals surface area contributed by atoms with Crippen LogP contribution < -0.4 is 0 Å². The first-order chi connectivity index (χ1) is 7.63. The van der Waals surface area contributed by atoms with E-state index in [4.69, 9.17) is 0 Å². The molecule has 4 nitrogen and oxygen atoms in total. The lowest BCUT2D eigenvalue weighted by Crippen LogP contribution is -2.13. The van der Waals surface area contributed by atoms with E-state index < -0.39 is 17.9 Å². The summed E-state index contributed by atoms with van der Waals surface area (Å²) in [5.74, 6) is -1.22. The molecule has 1 heterocycles. The number of ether oxygens (including phenoxy) is 1. The van der Waals surface area contributed by atoms with Gasteiger partial charge in [0.05, 0.1) is 18.3 Å². The van der Waals surface area contributed by atoms with Gasteiger partial charge in [-0.3, -0.25) is 0 Å². The highest BCUT2D eigenvalue weighted by molar-refractivity contribution is 5.84. The van der Waals surface area contributed by atoms with Gasteiger partial charge in [0.25, 0.3) is 0 Å². The minimum absolute atomic E-state index is 0.215. The van der Waals surface area contributed by atoms with Crippen LogP contribution in [-0.4, -0.2) is 23.2 Å². The van der Waals surface area contributed by atoms with Crippen molar-refractivity contribution in [1.82, 2.24) is 4.98 Å². The molecule has 0 aliphatic carbocycles. The van der Waals surface area contributed by atoms with Crippen LogP contribution in [0.15, 0.2) is 24.3 Å². The maximum atomic E-state index is 13.3. The molecule has 0 saturated heterocycles. The Morgan fingerprint density at radius 2 is 2.31 bits per heavy atom. The van der Waals surface area contributed by atoms with Gasteiger partial charge in [0.15, 0.2) is 6.10 Å². The number of aliphatic hydroxyl groups excluding tert-OH is 1. The molecule has 0 spiro atoms. The second kappa shape index (κ2) is 3.94. The number of hydrogen-bond acceptors (Lipinski definition) is 3. The van der Waals surface area contributed by atoms with Crippen LogP contribution in [0.1, 0.15) is 11.8 Å². The summed E-state index contributed by atoms with van der Waals surface area (Å²) in [6.07, 6.45) is -1.42. The van der Waals surface area contributed by atoms with Crippen molar-refractivity contribution >= 4 is 16.9 Å². The van der Waals surface area contributed by atoms with Crippen LogP contribution in [0.3, 0.4) is 0 Å². The molecule has 0 amide bonds. The fourth-order valence-corrected chi connectivity index (χ4v) is 1.53. The van der Waals surface area contributed by atoms with E-state index in [0.29, 0.717) is 5.39 Å². The molecule has 2 aromatic rings. The summed E-state index contributed by atoms with van der Waals surface area (Å²) in [5, 5.41) is 10.1. The molecule has 0 saturated carbocycles. The smallest absolute Gasteiger partial charge is 0.340 e. The number of halogens is 1. The van der Waals surface area contributed by atoms with Gasteiger partial charge in [0, 0.05) is 5.39 Å². The predicted octanol–water partition coefficient (Wildman–Crippen LogP) is 1.51. The molecular formula is C11H10FNO3. The average Bonchev–Trinajstić information content (AvgIpc) is 2.72. The third-order valence-electron chi connectivity index (χ3n) is 2.35. The van der Waals surface area contributed by atoms with Gasteiger partial charge in [-0.05, 0) is 12.1 Å². The van der Waals surface area contributed by atoms with E-state index in [0.717, 1.165) is 0 Å². The first-order valence-corrected chi connectivity index (χ1v) is 4.66. The molecule has 1 aromatic carbocycles. The molecule has 2 rings (SSSR count). The third kappa shape index (κ3) is 1.65. The van der Waals surface area contributed by atoms with Crippen molar-refractivity contribution in [2.75, 3.05) is 7.11 Å². The lowest BCUT2D eigenvalue weighted by atomic mass is 10.2. The van der Waals surface area contributed by atoms with E-state index in [1.165, 1.54) is 19.2 Å². The monoisotopic (exact) mass is 223 g/mol. The highest BCUT2D eigenvalue weighted by atomic mass is 19.1. The van der Waals surface area contributed by atoms with E-state index in [1.54, 1.807) is 12.1 Å². The first kappa shape index (κ1) is 10.6. The number of aromatic nitrogens is 1. The van der Waals surface area contributed by atoms with Crippen molar-refractivity contribution in [3.05, 3.63) is 35.8 Å². The number of H-pyrrole nitrogens is 1. The molecule has 0 fully saturated rings. The number of aromatic amines is 1. The van der Waals surface area contributed by atoms with Gasteiger partial charge in [-0.25, -0.2) is 9.18 Å². The molecular weight excluding hydrogens is 213 g/mol. The Balaban J connectivity index is 2.47. The van der Waals surface area contributed by atoms with Crippen LogP contribution >= 0.6 is 0 Å². The number of hydrogen-bond donors (Lipinski definition) is 2. The summed E-state index contributed by atoms with van der Waals surface area (Å²) in [4.78, 5) is 13.7. The van der Waals surface area contributed by atoms with E-state index in [-0.39, 0.29) is 11.2 Å². The van der Waals surface area contributed by atoms with Gasteiger partial charge in [0.1, 0.15) is 5.82 Å². The Hall–Kier alpha value is -1.88. The molecule has 0 radical (unpaired) electrons. The average molecular weight is 223 g/mol. The molecule has 1 atom stereocenters. The fraction of sp³-hybridized carbons (Fsp3) is 0.182. The largest absolute Gasteiger partial charge is 0.467 e. The maximum absolute atomic E-state index is 13.3. The second-order valence-electron chi connectivity index (χ2n) is 3.35. The number of rotatable bonds is 2. The quantitative estimate of drug-likeness (QED) is 0.758. The molecule has 1 aromatic heterocycles. The van der Waals surface area contributed by atoms with Crippen LogP contribution in [-0.2, 0) is 9.53 Å². The highest BCUT2D eigenvalue weighted by Gasteiger charge is 2.20. The normalized spacial score (nSPS) is 12.7. The molecule has 2 N–H and O–H groups in total. The molecule has 0 bridgehead atoms. The van der Waals surface area contributed by atoms with Crippen molar-refractivity contribution in [3.63, 3.8) is 0 Å². The summed E-state index contributed by atoms with van der Waals surface area (Å²) in [6, 6.07) is 6.05. The van der Waals surface area contributed by atoms with Gasteiger partial charge >= 0.3 is 5.97 Å². The topological polar surface area (TPSA) is 62.3 Å². The fourth-order valence-electron chi connectivity index (χ4n) is 1.53. The standard InChI is InChI=1S/C11H10FNO3/c1-16-11(15)10(14)8-5-6-3-2-4-7(12)9(6)13-8/h2-5,10,13-14H,1H3. The summed E-state index contributed by atoms with van der Waals surface area (Å²) in [7, 11) is 1.18. The van der Waals surface area contributed by atoms with Crippen LogP contribution in [0, 0.1) is 5.82 Å². The Kier molecular flexibility index (Phi) is 2.62. The highest BCUT2D eigenvalue weighted by Crippen LogP contribution is 2.22. The number of esters is 1. The minimum atomic E-state index is -1.42. The van der Waals surface area contributed by atoms with Gasteiger partial charge in [-0.2, -0.15) is 0 Å². The third-order valence-corrected chi connectivity index (χ3v) is 2.35. The van der Waals surface area contributed by atoms with Gasteiger partial charge < -0.3 is 14.8 Å². The number of methoxy groups -OCH3 is 1. The minimum Gasteiger partial charge on any atom is -0.467 e. The van der Waals surface area contributed by atoms with Crippen molar-refractivity contribution in [1.29, 1.82) is 0 Å². The van der Waals surface area contributed by atoms with Crippen LogP contribution in [0.25, 0.3) is 10.9 Å². The SMILES string of the molecule is COC(=O)C(O)c1cc2cccc(F)c2[nH]1. The van der Waals surface area contributed by atoms with Gasteiger partial charge in [0.2, 0.25) is 0 Å². The van der Waals surface area contributed by atoms with Crippen LogP contribution in [0.5, 0.6) is 0 Å². The number of para-hydroxylation sites is 1. The molecule has 0 aliphatic rings. The zero-order valence-electron chi connectivity index (χ0n) is 8.53. The van der Waals surface area contributed by atoms with Crippen LogP contribution in [0.2, 0.25) is 0 Å². The number of aliphatic hydroxyl groups is 1. The zero-order chi connectivity index (χ0) is 11.7. The number of nitrogens with one attached hydrogen (secondary N) is 1. The molecule has 5 heteroatoms. The maximum Gasteiger partial charge on any atom is 0.340 e. The van der Waals surface area contributed by atoms with Gasteiger partial charge in [-0.15, -0.1) is 0 Å². The van der Waals surface area contributed by atoms with E-state index >= 15 is 0 Å². The summed E-state index contributed by atoms with van der Waals surface area (Å²) < 4.78 is 17.7. The van der Waals surface area contributed by atoms with Crippen LogP contribution in [0.4, 0.5) is 4.39 Å². The molecule has 16 heavy (non-hydrogen) atoms. The number of carbonyl (C=O) groups excluding carboxylic acids is 1. The van der Waals surface area contributed by atoms with Crippen molar-refractivity contribution in [3.8, 4) is 0 Å². The zero-order valence-corrected chi connectivity index (χ0v) is 8.53. The lowest BCUT2D eigenvalue weighted by molar-refractivity contribution is -0.150. The van der Waals surface area contributed by atoms with E-state index in [9.17, 15) is 14.3 Å².